The molecule has 2 unspecified atom stereocenters. The molecule has 1 heterocycles. The van der Waals surface area contributed by atoms with E-state index in [1.54, 1.807) is 0 Å². The minimum Gasteiger partial charge on any atom is -0.508 e. The first-order valence-electron chi connectivity index (χ1n) is 6.66. The normalized spacial score (nSPS) is 21.4. The van der Waals surface area contributed by atoms with Gasteiger partial charge >= 0.3 is 6.03 Å². The summed E-state index contributed by atoms with van der Waals surface area (Å²) < 4.78 is 0. The molecule has 6 heteroatoms. The summed E-state index contributed by atoms with van der Waals surface area (Å²) in [6, 6.07) is 2.36. The van der Waals surface area contributed by atoms with E-state index in [2.05, 4.69) is 10.6 Å². The van der Waals surface area contributed by atoms with Gasteiger partial charge in [0.15, 0.2) is 5.78 Å². The zero-order chi connectivity index (χ0) is 14.7. The first-order valence-corrected chi connectivity index (χ1v) is 6.66. The molecule has 2 rings (SSSR count). The summed E-state index contributed by atoms with van der Waals surface area (Å²) in [5.74, 6) is -0.713. The maximum Gasteiger partial charge on any atom is 0.315 e. The number of amides is 2. The van der Waals surface area contributed by atoms with Crippen molar-refractivity contribution in [2.24, 2.45) is 0 Å². The number of phenols is 2. The number of phenolic OH excluding ortho intramolecular Hbond substituents is 2. The van der Waals surface area contributed by atoms with E-state index in [0.29, 0.717) is 6.42 Å². The van der Waals surface area contributed by atoms with Crippen LogP contribution in [-0.2, 0) is 0 Å². The Labute approximate surface area is 116 Å². The number of Topliss-reactive ketones (excluding diaryl/α,β-unsaturated/α-hetero) is 1. The summed E-state index contributed by atoms with van der Waals surface area (Å²) in [5.41, 5.74) is 0.0144. The van der Waals surface area contributed by atoms with Crippen LogP contribution < -0.4 is 10.6 Å². The molecule has 0 spiro atoms. The van der Waals surface area contributed by atoms with Crippen LogP contribution in [0.4, 0.5) is 4.79 Å². The number of benzene rings is 1. The molecule has 1 fully saturated rings. The standard InChI is InChI=1S/C14H18N2O4/c1-2-3-4-10-12(16-14(20)15-10)13(19)9-7-8(17)5-6-11(9)18/h5-7,10,12,17-18H,2-4H2,1H3,(H2,15,16,20). The Kier molecular flexibility index (Phi) is 4.12. The minimum atomic E-state index is -0.721. The Bertz CT molecular complexity index is 530. The van der Waals surface area contributed by atoms with Gasteiger partial charge in [-0.15, -0.1) is 0 Å². The van der Waals surface area contributed by atoms with Crippen molar-refractivity contribution in [1.82, 2.24) is 10.6 Å². The molecule has 20 heavy (non-hydrogen) atoms. The van der Waals surface area contributed by atoms with Crippen LogP contribution in [0.25, 0.3) is 0 Å². The van der Waals surface area contributed by atoms with Crippen LogP contribution in [0.1, 0.15) is 36.5 Å². The molecular formula is C14H18N2O4. The predicted octanol–water partition coefficient (Wildman–Crippen LogP) is 1.52. The summed E-state index contributed by atoms with van der Waals surface area (Å²) in [6.07, 6.45) is 2.54. The number of unbranched alkanes of at least 4 members (excludes halogenated alkanes) is 1. The Balaban J connectivity index is 2.22. The second-order valence-electron chi connectivity index (χ2n) is 4.91. The Morgan fingerprint density at radius 3 is 2.75 bits per heavy atom. The summed E-state index contributed by atoms with van der Waals surface area (Å²) in [5, 5.41) is 24.4. The van der Waals surface area contributed by atoms with Crippen molar-refractivity contribution in [2.75, 3.05) is 0 Å². The molecule has 0 aromatic heterocycles. The first kappa shape index (κ1) is 14.2. The van der Waals surface area contributed by atoms with Crippen molar-refractivity contribution >= 4 is 11.8 Å². The van der Waals surface area contributed by atoms with Gasteiger partial charge in [-0.3, -0.25) is 4.79 Å². The van der Waals surface area contributed by atoms with E-state index in [4.69, 9.17) is 0 Å². The lowest BCUT2D eigenvalue weighted by molar-refractivity contribution is 0.0938. The molecule has 1 aromatic carbocycles. The van der Waals surface area contributed by atoms with Crippen LogP contribution >= 0.6 is 0 Å². The number of rotatable bonds is 5. The van der Waals surface area contributed by atoms with Crippen molar-refractivity contribution in [2.45, 2.75) is 38.3 Å². The number of hydrogen-bond acceptors (Lipinski definition) is 4. The van der Waals surface area contributed by atoms with Crippen LogP contribution in [-0.4, -0.2) is 34.1 Å². The van der Waals surface area contributed by atoms with E-state index in [1.807, 2.05) is 6.92 Å². The average Bonchev–Trinajstić information content (AvgIpc) is 2.79. The summed E-state index contributed by atoms with van der Waals surface area (Å²) >= 11 is 0. The molecule has 2 amide bonds. The number of carbonyl (C=O) groups is 2. The lowest BCUT2D eigenvalue weighted by Gasteiger charge is -2.17. The number of carbonyl (C=O) groups excluding carboxylic acids is 2. The molecule has 1 aromatic rings. The van der Waals surface area contributed by atoms with Crippen LogP contribution in [0.15, 0.2) is 18.2 Å². The van der Waals surface area contributed by atoms with Crippen molar-refractivity contribution in [3.63, 3.8) is 0 Å². The van der Waals surface area contributed by atoms with Gasteiger partial charge in [-0.2, -0.15) is 0 Å². The molecule has 4 N–H and O–H groups in total. The molecule has 0 radical (unpaired) electrons. The molecule has 0 aliphatic carbocycles. The zero-order valence-electron chi connectivity index (χ0n) is 11.2. The predicted molar refractivity (Wildman–Crippen MR) is 72.9 cm³/mol. The summed E-state index contributed by atoms with van der Waals surface area (Å²) in [4.78, 5) is 23.8. The molecule has 0 bridgehead atoms. The SMILES string of the molecule is CCCCC1NC(=O)NC1C(=O)c1cc(O)ccc1O. The molecule has 0 saturated carbocycles. The molecule has 6 nitrogen and oxygen atoms in total. The highest BCUT2D eigenvalue weighted by molar-refractivity contribution is 6.05. The number of ketones is 1. The minimum absolute atomic E-state index is 0.0144. The van der Waals surface area contributed by atoms with Gasteiger partial charge in [-0.25, -0.2) is 4.79 Å². The van der Waals surface area contributed by atoms with E-state index >= 15 is 0 Å². The molecule has 108 valence electrons. The van der Waals surface area contributed by atoms with Crippen LogP contribution in [0.3, 0.4) is 0 Å². The van der Waals surface area contributed by atoms with Gasteiger partial charge in [0, 0.05) is 0 Å². The number of aromatic hydroxyl groups is 2. The zero-order valence-corrected chi connectivity index (χ0v) is 11.2. The average molecular weight is 278 g/mol. The molecule has 2 atom stereocenters. The second kappa shape index (κ2) is 5.81. The largest absolute Gasteiger partial charge is 0.508 e. The molecule has 1 saturated heterocycles. The van der Waals surface area contributed by atoms with Crippen molar-refractivity contribution < 1.29 is 19.8 Å². The fourth-order valence-corrected chi connectivity index (χ4v) is 2.34. The van der Waals surface area contributed by atoms with Gasteiger partial charge in [0.2, 0.25) is 0 Å². The third kappa shape index (κ3) is 2.84. The molecule has 1 aliphatic rings. The summed E-state index contributed by atoms with van der Waals surface area (Å²) in [7, 11) is 0. The quantitative estimate of drug-likeness (QED) is 0.485. The highest BCUT2D eigenvalue weighted by Gasteiger charge is 2.37. The number of urea groups is 1. The number of hydrogen-bond donors (Lipinski definition) is 4. The topological polar surface area (TPSA) is 98.7 Å². The monoisotopic (exact) mass is 278 g/mol. The fourth-order valence-electron chi connectivity index (χ4n) is 2.34. The van der Waals surface area contributed by atoms with E-state index in [-0.39, 0.29) is 29.1 Å². The van der Waals surface area contributed by atoms with Gasteiger partial charge in [0.1, 0.15) is 17.5 Å². The van der Waals surface area contributed by atoms with E-state index in [0.717, 1.165) is 12.8 Å². The first-order chi connectivity index (χ1) is 9.52. The molecular weight excluding hydrogens is 260 g/mol. The van der Waals surface area contributed by atoms with Gasteiger partial charge in [-0.05, 0) is 24.6 Å². The third-order valence-electron chi connectivity index (χ3n) is 3.40. The Hall–Kier alpha value is -2.24. The van der Waals surface area contributed by atoms with Crippen molar-refractivity contribution in [3.05, 3.63) is 23.8 Å². The van der Waals surface area contributed by atoms with Gasteiger partial charge in [0.05, 0.1) is 11.6 Å². The number of nitrogens with one attached hydrogen (secondary N) is 2. The smallest absolute Gasteiger partial charge is 0.315 e. The van der Waals surface area contributed by atoms with E-state index in [9.17, 15) is 19.8 Å². The summed E-state index contributed by atoms with van der Waals surface area (Å²) in [6.45, 7) is 2.03. The van der Waals surface area contributed by atoms with Gasteiger partial charge in [0.25, 0.3) is 0 Å². The van der Waals surface area contributed by atoms with Crippen molar-refractivity contribution in [1.29, 1.82) is 0 Å². The fraction of sp³-hybridized carbons (Fsp3) is 0.429. The van der Waals surface area contributed by atoms with Crippen molar-refractivity contribution in [3.8, 4) is 11.5 Å². The highest BCUT2D eigenvalue weighted by Crippen LogP contribution is 2.25. The van der Waals surface area contributed by atoms with Gasteiger partial charge in [-0.1, -0.05) is 19.8 Å². The lowest BCUT2D eigenvalue weighted by atomic mass is 9.95. The van der Waals surface area contributed by atoms with E-state index < -0.39 is 11.8 Å². The lowest BCUT2D eigenvalue weighted by Crippen LogP contribution is -2.40. The Morgan fingerprint density at radius 1 is 1.30 bits per heavy atom. The van der Waals surface area contributed by atoms with Crippen LogP contribution in [0, 0.1) is 0 Å². The van der Waals surface area contributed by atoms with Crippen LogP contribution in [0.2, 0.25) is 0 Å². The second-order valence-corrected chi connectivity index (χ2v) is 4.91. The third-order valence-corrected chi connectivity index (χ3v) is 3.40. The Morgan fingerprint density at radius 2 is 2.05 bits per heavy atom. The maximum atomic E-state index is 12.4. The van der Waals surface area contributed by atoms with Gasteiger partial charge < -0.3 is 20.8 Å². The molecule has 1 aliphatic heterocycles. The maximum absolute atomic E-state index is 12.4. The van der Waals surface area contributed by atoms with Crippen LogP contribution in [0.5, 0.6) is 11.5 Å². The van der Waals surface area contributed by atoms with E-state index in [1.165, 1.54) is 18.2 Å². The highest BCUT2D eigenvalue weighted by atomic mass is 16.3.